The number of amides is 1. The van der Waals surface area contributed by atoms with E-state index in [1.807, 2.05) is 23.6 Å². The van der Waals surface area contributed by atoms with Crippen LogP contribution in [-0.2, 0) is 21.1 Å². The molecule has 8 heteroatoms. The fourth-order valence-corrected chi connectivity index (χ4v) is 4.51. The Morgan fingerprint density at radius 1 is 1.22 bits per heavy atom. The molecule has 3 aromatic rings. The molecule has 0 fully saturated rings. The second-order valence-electron chi connectivity index (χ2n) is 6.22. The van der Waals surface area contributed by atoms with Gasteiger partial charge in [-0.15, -0.1) is 0 Å². The van der Waals surface area contributed by atoms with Gasteiger partial charge in [-0.25, -0.2) is 8.42 Å². The van der Waals surface area contributed by atoms with Crippen molar-refractivity contribution in [2.75, 3.05) is 20.0 Å². The third kappa shape index (κ3) is 4.35. The summed E-state index contributed by atoms with van der Waals surface area (Å²) < 4.78 is 31.5. The maximum Gasteiger partial charge on any atom is 0.279 e. The highest BCUT2D eigenvalue weighted by Crippen LogP contribution is 2.22. The molecule has 0 radical (unpaired) electrons. The molecule has 0 aliphatic heterocycles. The van der Waals surface area contributed by atoms with Crippen molar-refractivity contribution >= 4 is 37.3 Å². The van der Waals surface area contributed by atoms with Crippen molar-refractivity contribution < 1.29 is 17.9 Å². The third-order valence-corrected chi connectivity index (χ3v) is 6.21. The number of ether oxygens (including phenoxy) is 1. The number of hydrogen-bond acceptors (Lipinski definition) is 5. The maximum absolute atomic E-state index is 12.6. The summed E-state index contributed by atoms with van der Waals surface area (Å²) in [6.45, 7) is 2.88. The summed E-state index contributed by atoms with van der Waals surface area (Å²) in [7, 11) is -1.71. The number of benzene rings is 2. The smallest absolute Gasteiger partial charge is 0.279 e. The number of hydrogen-bond donors (Lipinski definition) is 0. The summed E-state index contributed by atoms with van der Waals surface area (Å²) in [5.74, 6) is -0.334. The van der Waals surface area contributed by atoms with Crippen LogP contribution < -0.4 is 4.80 Å². The van der Waals surface area contributed by atoms with E-state index < -0.39 is 9.84 Å². The van der Waals surface area contributed by atoms with E-state index in [0.717, 1.165) is 15.8 Å². The lowest BCUT2D eigenvalue weighted by Crippen LogP contribution is -2.19. The number of sulfone groups is 1. The largest absolute Gasteiger partial charge is 0.383 e. The van der Waals surface area contributed by atoms with Crippen LogP contribution in [0.2, 0.25) is 0 Å². The van der Waals surface area contributed by atoms with Gasteiger partial charge in [0.05, 0.1) is 21.7 Å². The zero-order valence-corrected chi connectivity index (χ0v) is 16.9. The standard InChI is InChI=1S/C19H20N2O4S2/c1-13-5-4-6-14(11-13)18(22)20-19-21(9-10-25-2)16-8-7-15(27(3,23)24)12-17(16)26-19/h4-8,11-12H,9-10H2,1-3H3. The first kappa shape index (κ1) is 19.5. The number of aryl methyl sites for hydroxylation is 1. The number of methoxy groups -OCH3 is 1. The van der Waals surface area contributed by atoms with Crippen LogP contribution in [0.5, 0.6) is 0 Å². The van der Waals surface area contributed by atoms with Crippen LogP contribution in [0.15, 0.2) is 52.4 Å². The first-order valence-electron chi connectivity index (χ1n) is 8.28. The topological polar surface area (TPSA) is 77.7 Å². The van der Waals surface area contributed by atoms with Crippen LogP contribution in [0.4, 0.5) is 0 Å². The van der Waals surface area contributed by atoms with E-state index in [0.29, 0.717) is 23.5 Å². The number of fused-ring (bicyclic) bond motifs is 1. The molecule has 6 nitrogen and oxygen atoms in total. The van der Waals surface area contributed by atoms with E-state index in [4.69, 9.17) is 4.74 Å². The molecule has 0 atom stereocenters. The molecular weight excluding hydrogens is 384 g/mol. The Hall–Kier alpha value is -2.29. The van der Waals surface area contributed by atoms with Crippen LogP contribution in [0.1, 0.15) is 15.9 Å². The molecule has 0 unspecified atom stereocenters. The minimum Gasteiger partial charge on any atom is -0.383 e. The van der Waals surface area contributed by atoms with Crippen molar-refractivity contribution in [2.24, 2.45) is 4.99 Å². The molecular formula is C19H20N2O4S2. The van der Waals surface area contributed by atoms with Gasteiger partial charge in [-0.3, -0.25) is 4.79 Å². The second kappa shape index (κ2) is 7.75. The van der Waals surface area contributed by atoms with Crippen molar-refractivity contribution in [3.05, 3.63) is 58.4 Å². The predicted octanol–water partition coefficient (Wildman–Crippen LogP) is 2.80. The van der Waals surface area contributed by atoms with Gasteiger partial charge < -0.3 is 9.30 Å². The van der Waals surface area contributed by atoms with Gasteiger partial charge >= 0.3 is 0 Å². The Labute approximate surface area is 161 Å². The molecule has 1 heterocycles. The van der Waals surface area contributed by atoms with Crippen molar-refractivity contribution in [3.8, 4) is 0 Å². The van der Waals surface area contributed by atoms with Gasteiger partial charge in [0.2, 0.25) is 0 Å². The lowest BCUT2D eigenvalue weighted by Gasteiger charge is -2.05. The fourth-order valence-electron chi connectivity index (χ4n) is 2.70. The number of carbonyl (C=O) groups is 1. The van der Waals surface area contributed by atoms with Crippen molar-refractivity contribution in [1.29, 1.82) is 0 Å². The summed E-state index contributed by atoms with van der Waals surface area (Å²) in [6.07, 6.45) is 1.17. The highest BCUT2D eigenvalue weighted by Gasteiger charge is 2.13. The Morgan fingerprint density at radius 3 is 2.67 bits per heavy atom. The monoisotopic (exact) mass is 404 g/mol. The van der Waals surface area contributed by atoms with Crippen LogP contribution in [0, 0.1) is 6.92 Å². The van der Waals surface area contributed by atoms with Gasteiger partial charge in [-0.2, -0.15) is 4.99 Å². The molecule has 0 bridgehead atoms. The third-order valence-electron chi connectivity index (χ3n) is 4.06. The van der Waals surface area contributed by atoms with Gasteiger partial charge in [0.25, 0.3) is 5.91 Å². The maximum atomic E-state index is 12.6. The molecule has 0 spiro atoms. The zero-order chi connectivity index (χ0) is 19.6. The highest BCUT2D eigenvalue weighted by atomic mass is 32.2. The van der Waals surface area contributed by atoms with E-state index in [2.05, 4.69) is 4.99 Å². The molecule has 0 aliphatic carbocycles. The van der Waals surface area contributed by atoms with Gasteiger partial charge in [-0.05, 0) is 37.3 Å². The Kier molecular flexibility index (Phi) is 5.59. The first-order chi connectivity index (χ1) is 12.8. The lowest BCUT2D eigenvalue weighted by atomic mass is 10.1. The SMILES string of the molecule is COCCn1c(=NC(=O)c2cccc(C)c2)sc2cc(S(C)(=O)=O)ccc21. The first-order valence-corrected chi connectivity index (χ1v) is 11.0. The summed E-state index contributed by atoms with van der Waals surface area (Å²) in [6, 6.07) is 12.2. The van der Waals surface area contributed by atoms with E-state index in [9.17, 15) is 13.2 Å². The lowest BCUT2D eigenvalue weighted by molar-refractivity contribution is 0.0997. The number of aromatic nitrogens is 1. The van der Waals surface area contributed by atoms with Crippen molar-refractivity contribution in [1.82, 2.24) is 4.57 Å². The Bertz CT molecular complexity index is 1170. The second-order valence-corrected chi connectivity index (χ2v) is 9.24. The van der Waals surface area contributed by atoms with Gasteiger partial charge in [-0.1, -0.05) is 29.0 Å². The van der Waals surface area contributed by atoms with Gasteiger partial charge in [0.1, 0.15) is 0 Å². The number of rotatable bonds is 5. The van der Waals surface area contributed by atoms with Crippen molar-refractivity contribution in [2.45, 2.75) is 18.4 Å². The molecule has 27 heavy (non-hydrogen) atoms. The Morgan fingerprint density at radius 2 is 2.00 bits per heavy atom. The normalized spacial score (nSPS) is 12.6. The molecule has 0 saturated carbocycles. The zero-order valence-electron chi connectivity index (χ0n) is 15.3. The average Bonchev–Trinajstić information content (AvgIpc) is 2.95. The minimum atomic E-state index is -3.31. The van der Waals surface area contributed by atoms with E-state index in [1.165, 1.54) is 17.6 Å². The number of carbonyl (C=O) groups excluding carboxylic acids is 1. The highest BCUT2D eigenvalue weighted by molar-refractivity contribution is 7.90. The molecule has 0 saturated heterocycles. The molecule has 1 amide bonds. The number of thiazole rings is 1. The molecule has 0 N–H and O–H groups in total. The summed E-state index contributed by atoms with van der Waals surface area (Å²) in [5.41, 5.74) is 2.32. The summed E-state index contributed by atoms with van der Waals surface area (Å²) in [5, 5.41) is 0. The molecule has 2 aromatic carbocycles. The fraction of sp³-hybridized carbons (Fsp3) is 0.263. The van der Waals surface area contributed by atoms with Gasteiger partial charge in [0.15, 0.2) is 14.6 Å². The van der Waals surface area contributed by atoms with Gasteiger partial charge in [0, 0.05) is 25.5 Å². The van der Waals surface area contributed by atoms with E-state index >= 15 is 0 Å². The molecule has 3 rings (SSSR count). The average molecular weight is 405 g/mol. The van der Waals surface area contributed by atoms with E-state index in [1.54, 1.807) is 37.4 Å². The molecule has 142 valence electrons. The number of nitrogens with zero attached hydrogens (tertiary/aromatic N) is 2. The van der Waals surface area contributed by atoms with Crippen LogP contribution >= 0.6 is 11.3 Å². The molecule has 1 aromatic heterocycles. The van der Waals surface area contributed by atoms with E-state index in [-0.39, 0.29) is 10.8 Å². The minimum absolute atomic E-state index is 0.242. The quantitative estimate of drug-likeness (QED) is 0.655. The summed E-state index contributed by atoms with van der Waals surface area (Å²) in [4.78, 5) is 17.6. The molecule has 0 aliphatic rings. The van der Waals surface area contributed by atoms with Crippen LogP contribution in [-0.4, -0.2) is 38.9 Å². The van der Waals surface area contributed by atoms with Crippen LogP contribution in [0.25, 0.3) is 10.2 Å². The van der Waals surface area contributed by atoms with Crippen molar-refractivity contribution in [3.63, 3.8) is 0 Å². The Balaban J connectivity index is 2.16. The predicted molar refractivity (Wildman–Crippen MR) is 106 cm³/mol. The summed E-state index contributed by atoms with van der Waals surface area (Å²) >= 11 is 1.29. The van der Waals surface area contributed by atoms with Crippen LogP contribution in [0.3, 0.4) is 0 Å².